The van der Waals surface area contributed by atoms with Gasteiger partial charge in [0.2, 0.25) is 0 Å². The zero-order valence-electron chi connectivity index (χ0n) is 29.9. The summed E-state index contributed by atoms with van der Waals surface area (Å²) >= 11 is 3.67. The van der Waals surface area contributed by atoms with E-state index in [1.165, 1.54) is 122 Å². The SMILES string of the molecule is CCCCCCCCCCCCc1cc2c(cc3c4ccc5c6c(ccc(c(=O)n23)c46)c(=O)n2c3cc(CCCCCCCC)sc3cc52)s1. The number of hydrogen-bond donors (Lipinski definition) is 0. The molecule has 0 aliphatic rings. The first-order valence-corrected chi connectivity index (χ1v) is 21.2. The third-order valence-corrected chi connectivity index (χ3v) is 13.5. The Morgan fingerprint density at radius 3 is 1.20 bits per heavy atom. The molecule has 0 saturated heterocycles. The molecule has 0 radical (unpaired) electrons. The summed E-state index contributed by atoms with van der Waals surface area (Å²) in [4.78, 5) is 31.2. The zero-order chi connectivity index (χ0) is 34.2. The molecule has 6 aromatic heterocycles. The Morgan fingerprint density at radius 2 is 0.800 bits per heavy atom. The van der Waals surface area contributed by atoms with Crippen LogP contribution in [0.5, 0.6) is 0 Å². The highest BCUT2D eigenvalue weighted by atomic mass is 32.1. The van der Waals surface area contributed by atoms with E-state index in [2.05, 4.69) is 50.2 Å². The van der Waals surface area contributed by atoms with E-state index in [4.69, 9.17) is 0 Å². The summed E-state index contributed by atoms with van der Waals surface area (Å²) < 4.78 is 6.21. The molecule has 0 saturated carbocycles. The van der Waals surface area contributed by atoms with Crippen LogP contribution < -0.4 is 11.1 Å². The summed E-state index contributed by atoms with van der Waals surface area (Å²) in [6.45, 7) is 4.54. The minimum absolute atomic E-state index is 0.0149. The van der Waals surface area contributed by atoms with Gasteiger partial charge >= 0.3 is 0 Å². The van der Waals surface area contributed by atoms with Crippen molar-refractivity contribution in [1.29, 1.82) is 0 Å². The predicted molar refractivity (Wildman–Crippen MR) is 219 cm³/mol. The highest BCUT2D eigenvalue weighted by Crippen LogP contribution is 2.40. The van der Waals surface area contributed by atoms with Crippen LogP contribution in [0.1, 0.15) is 126 Å². The van der Waals surface area contributed by atoms with E-state index in [1.807, 2.05) is 43.6 Å². The van der Waals surface area contributed by atoms with Gasteiger partial charge < -0.3 is 0 Å². The molecule has 0 aliphatic heterocycles. The highest BCUT2D eigenvalue weighted by Gasteiger charge is 2.22. The fourth-order valence-electron chi connectivity index (χ4n) is 8.55. The molecule has 8 rings (SSSR count). The molecule has 0 aliphatic carbocycles. The van der Waals surface area contributed by atoms with Crippen molar-refractivity contribution in [2.75, 3.05) is 0 Å². The van der Waals surface area contributed by atoms with Crippen molar-refractivity contribution in [3.05, 3.63) is 79.0 Å². The lowest BCUT2D eigenvalue weighted by molar-refractivity contribution is 0.557. The number of hydrogen-bond acceptors (Lipinski definition) is 4. The number of rotatable bonds is 18. The maximum atomic E-state index is 14.3. The Labute approximate surface area is 302 Å². The van der Waals surface area contributed by atoms with Crippen molar-refractivity contribution < 1.29 is 0 Å². The van der Waals surface area contributed by atoms with Gasteiger partial charge in [0.1, 0.15) is 0 Å². The smallest absolute Gasteiger partial charge is 0.263 e. The van der Waals surface area contributed by atoms with Gasteiger partial charge in [-0.05, 0) is 62.1 Å². The first-order chi connectivity index (χ1) is 24.6. The molecule has 0 bridgehead atoms. The summed E-state index contributed by atoms with van der Waals surface area (Å²) in [7, 11) is 0. The van der Waals surface area contributed by atoms with Crippen molar-refractivity contribution in [2.45, 2.75) is 129 Å². The Morgan fingerprint density at radius 1 is 0.440 bits per heavy atom. The molecule has 50 heavy (non-hydrogen) atoms. The average molecular weight is 703 g/mol. The Hall–Kier alpha value is -3.48. The monoisotopic (exact) mass is 702 g/mol. The third-order valence-electron chi connectivity index (χ3n) is 11.2. The normalized spacial score (nSPS) is 12.6. The molecule has 260 valence electrons. The van der Waals surface area contributed by atoms with Gasteiger partial charge in [0.15, 0.2) is 0 Å². The Balaban J connectivity index is 1.07. The second-order valence-corrected chi connectivity index (χ2v) is 17.1. The van der Waals surface area contributed by atoms with Crippen LogP contribution in [0.3, 0.4) is 0 Å². The molecule has 8 aromatic rings. The summed E-state index contributed by atoms with van der Waals surface area (Å²) in [5, 5.41) is 5.36. The number of aromatic nitrogens is 2. The van der Waals surface area contributed by atoms with Crippen LogP contribution in [0.4, 0.5) is 0 Å². The van der Waals surface area contributed by atoms with Gasteiger partial charge in [-0.3, -0.25) is 18.4 Å². The molecule has 0 unspecified atom stereocenters. The van der Waals surface area contributed by atoms with Crippen LogP contribution in [0.25, 0.3) is 63.8 Å². The molecule has 0 spiro atoms. The average Bonchev–Trinajstić information content (AvgIpc) is 3.88. The van der Waals surface area contributed by atoms with Gasteiger partial charge in [-0.2, -0.15) is 0 Å². The molecule has 2 aromatic carbocycles. The van der Waals surface area contributed by atoms with E-state index in [0.717, 1.165) is 56.5 Å². The molecular formula is C44H50N2O2S2. The lowest BCUT2D eigenvalue weighted by Gasteiger charge is -2.13. The number of nitrogens with zero attached hydrogens (tertiary/aromatic N) is 2. The van der Waals surface area contributed by atoms with Crippen LogP contribution in [0.2, 0.25) is 0 Å². The highest BCUT2D eigenvalue weighted by molar-refractivity contribution is 7.19. The molecule has 0 N–H and O–H groups in total. The van der Waals surface area contributed by atoms with E-state index in [0.29, 0.717) is 10.8 Å². The van der Waals surface area contributed by atoms with Crippen LogP contribution in [-0.4, -0.2) is 8.80 Å². The third kappa shape index (κ3) is 6.00. The summed E-state index contributed by atoms with van der Waals surface area (Å²) in [5.74, 6) is 0. The quantitative estimate of drug-likeness (QED) is 0.0660. The van der Waals surface area contributed by atoms with E-state index >= 15 is 0 Å². The first kappa shape index (κ1) is 33.7. The molecule has 0 amide bonds. The fraction of sp³-hybridized carbons (Fsp3) is 0.455. The largest absolute Gasteiger partial charge is 0.275 e. The number of benzene rings is 2. The van der Waals surface area contributed by atoms with Crippen LogP contribution in [0, 0.1) is 0 Å². The standard InChI is InChI=1S/C44H50N2O2S2/c1-3-5-7-9-11-12-13-14-16-18-20-30-26-38-40(50-30)28-36-32-22-21-31-35-27-39-37(25-29(49-39)19-17-15-10-8-6-4-2)45(35)43(47)33-23-24-34(42(32)41(31)33)44(48)46(36)38/h21-28H,3-20H2,1-2H3. The Bertz CT molecular complexity index is 2530. The van der Waals surface area contributed by atoms with Crippen molar-refractivity contribution in [3.8, 4) is 0 Å². The second-order valence-electron chi connectivity index (χ2n) is 14.8. The second kappa shape index (κ2) is 14.6. The molecule has 4 nitrogen and oxygen atoms in total. The number of thiophene rings is 2. The van der Waals surface area contributed by atoms with Gasteiger partial charge in [-0.25, -0.2) is 0 Å². The number of pyridine rings is 2. The van der Waals surface area contributed by atoms with Crippen molar-refractivity contribution in [3.63, 3.8) is 0 Å². The van der Waals surface area contributed by atoms with Gasteiger partial charge in [0.05, 0.1) is 31.5 Å². The minimum Gasteiger partial charge on any atom is -0.275 e. The lowest BCUT2D eigenvalue weighted by atomic mass is 9.95. The first-order valence-electron chi connectivity index (χ1n) is 19.6. The number of unbranched alkanes of at least 4 members (excludes halogenated alkanes) is 14. The van der Waals surface area contributed by atoms with E-state index in [1.54, 1.807) is 0 Å². The van der Waals surface area contributed by atoms with Crippen LogP contribution >= 0.6 is 22.7 Å². The van der Waals surface area contributed by atoms with E-state index in [-0.39, 0.29) is 11.1 Å². The summed E-state index contributed by atoms with van der Waals surface area (Å²) in [6.07, 6.45) is 23.3. The van der Waals surface area contributed by atoms with Gasteiger partial charge in [-0.1, -0.05) is 116 Å². The van der Waals surface area contributed by atoms with Crippen molar-refractivity contribution in [1.82, 2.24) is 8.80 Å². The summed E-state index contributed by atoms with van der Waals surface area (Å²) in [6, 6.07) is 17.1. The van der Waals surface area contributed by atoms with E-state index < -0.39 is 0 Å². The van der Waals surface area contributed by atoms with Gasteiger partial charge in [0.25, 0.3) is 11.1 Å². The maximum absolute atomic E-state index is 14.3. The topological polar surface area (TPSA) is 43.0 Å². The van der Waals surface area contributed by atoms with Gasteiger partial charge in [0, 0.05) is 42.1 Å². The zero-order valence-corrected chi connectivity index (χ0v) is 31.5. The van der Waals surface area contributed by atoms with Crippen molar-refractivity contribution >= 4 is 86.5 Å². The molecule has 6 heteroatoms. The number of aryl methyl sites for hydroxylation is 2. The lowest BCUT2D eigenvalue weighted by Crippen LogP contribution is -2.16. The molecule has 0 fully saturated rings. The fourth-order valence-corrected chi connectivity index (χ4v) is 10.8. The molecule has 6 heterocycles. The predicted octanol–water partition coefficient (Wildman–Crippen LogP) is 13.0. The van der Waals surface area contributed by atoms with E-state index in [9.17, 15) is 9.59 Å². The van der Waals surface area contributed by atoms with Gasteiger partial charge in [-0.15, -0.1) is 22.7 Å². The molecule has 0 atom stereocenters. The van der Waals surface area contributed by atoms with Crippen LogP contribution in [-0.2, 0) is 12.8 Å². The molecular weight excluding hydrogens is 653 g/mol. The summed E-state index contributed by atoms with van der Waals surface area (Å²) in [5.41, 5.74) is 3.98. The number of fused-ring (bicyclic) bond motifs is 8. The van der Waals surface area contributed by atoms with Crippen LogP contribution in [0.15, 0.2) is 58.1 Å². The van der Waals surface area contributed by atoms with Crippen molar-refractivity contribution in [2.24, 2.45) is 0 Å². The maximum Gasteiger partial charge on any atom is 0.263 e. The Kier molecular flexibility index (Phi) is 9.85. The minimum atomic E-state index is 0.0149.